The molecule has 67 heavy (non-hydrogen) atoms. The Morgan fingerprint density at radius 3 is 1.13 bits per heavy atom. The van der Waals surface area contributed by atoms with Gasteiger partial charge in [-0.2, -0.15) is 0 Å². The Balaban J connectivity index is 0.000000151. The van der Waals surface area contributed by atoms with Crippen molar-refractivity contribution in [2.24, 2.45) is 0 Å². The predicted octanol–water partition coefficient (Wildman–Crippen LogP) is 14.9. The highest BCUT2D eigenvalue weighted by molar-refractivity contribution is 9.10. The van der Waals surface area contributed by atoms with E-state index in [1.807, 2.05) is 24.3 Å². The van der Waals surface area contributed by atoms with Crippen molar-refractivity contribution >= 4 is 44.6 Å². The number of rotatable bonds is 5. The molecule has 0 fully saturated rings. The SMILES string of the molecule is O=C(c1ccccc1Br)c1c(F)c(F)c(F)c(F)c1F.O=C(c1ccccc1N1c2ccccc2Oc2ccccc21)c1c(F)c(F)c(F)c(F)c1F.c1ccc2c(c1)Cc1ccccc1O2. The van der Waals surface area contributed by atoms with E-state index in [1.165, 1.54) is 53.6 Å². The van der Waals surface area contributed by atoms with Crippen LogP contribution in [-0.4, -0.2) is 11.6 Å². The number of ketones is 2. The maximum Gasteiger partial charge on any atom is 0.201 e. The van der Waals surface area contributed by atoms with Gasteiger partial charge in [-0.3, -0.25) is 9.59 Å². The highest BCUT2D eigenvalue weighted by Crippen LogP contribution is 2.51. The Bertz CT molecular complexity index is 3080. The Hall–Kier alpha value is -7.72. The summed E-state index contributed by atoms with van der Waals surface area (Å²) in [6, 6.07) is 41.5. The van der Waals surface area contributed by atoms with Gasteiger partial charge >= 0.3 is 0 Å². The molecule has 10 rings (SSSR count). The van der Waals surface area contributed by atoms with Crippen LogP contribution >= 0.6 is 15.9 Å². The summed E-state index contributed by atoms with van der Waals surface area (Å²) >= 11 is 2.97. The van der Waals surface area contributed by atoms with Gasteiger partial charge in [0.15, 0.2) is 63.8 Å². The molecule has 8 aromatic rings. The molecule has 0 saturated heterocycles. The first-order valence-corrected chi connectivity index (χ1v) is 20.4. The normalized spacial score (nSPS) is 11.8. The molecule has 0 bridgehead atoms. The number of para-hydroxylation sites is 7. The molecule has 0 saturated carbocycles. The molecule has 0 amide bonds. The van der Waals surface area contributed by atoms with Crippen LogP contribution in [0.4, 0.5) is 61.0 Å². The van der Waals surface area contributed by atoms with E-state index in [0.29, 0.717) is 22.9 Å². The van der Waals surface area contributed by atoms with Crippen LogP contribution in [0.25, 0.3) is 0 Å². The van der Waals surface area contributed by atoms with Gasteiger partial charge < -0.3 is 14.4 Å². The molecule has 5 nitrogen and oxygen atoms in total. The van der Waals surface area contributed by atoms with Crippen molar-refractivity contribution in [2.75, 3.05) is 4.90 Å². The molecule has 0 aliphatic carbocycles. The Morgan fingerprint density at radius 2 is 0.687 bits per heavy atom. The quantitative estimate of drug-likeness (QED) is 0.0744. The van der Waals surface area contributed by atoms with Crippen molar-refractivity contribution in [3.05, 3.63) is 242 Å². The van der Waals surface area contributed by atoms with E-state index in [0.717, 1.165) is 17.9 Å². The van der Waals surface area contributed by atoms with Crippen LogP contribution in [0.3, 0.4) is 0 Å². The van der Waals surface area contributed by atoms with Gasteiger partial charge in [-0.25, -0.2) is 43.9 Å². The number of carbonyl (C=O) groups excluding carboxylic acids is 2. The molecule has 8 aromatic carbocycles. The molecule has 336 valence electrons. The van der Waals surface area contributed by atoms with Gasteiger partial charge in [0.1, 0.15) is 22.6 Å². The zero-order valence-electron chi connectivity index (χ0n) is 33.8. The van der Waals surface area contributed by atoms with Crippen molar-refractivity contribution in [3.8, 4) is 23.0 Å². The fraction of sp³-hybridized carbons (Fsp3) is 0.0196. The van der Waals surface area contributed by atoms with Gasteiger partial charge in [0.25, 0.3) is 0 Å². The second kappa shape index (κ2) is 19.0. The van der Waals surface area contributed by atoms with Gasteiger partial charge in [0.05, 0.1) is 17.1 Å². The number of halogens is 11. The van der Waals surface area contributed by atoms with Crippen molar-refractivity contribution in [3.63, 3.8) is 0 Å². The van der Waals surface area contributed by atoms with Crippen LogP contribution in [0.1, 0.15) is 43.0 Å². The second-order valence-corrected chi connectivity index (χ2v) is 15.3. The number of anilines is 3. The van der Waals surface area contributed by atoms with Crippen LogP contribution < -0.4 is 14.4 Å². The number of hydrogen-bond acceptors (Lipinski definition) is 5. The van der Waals surface area contributed by atoms with Gasteiger partial charge in [-0.15, -0.1) is 0 Å². The lowest BCUT2D eigenvalue weighted by Gasteiger charge is -2.33. The zero-order chi connectivity index (χ0) is 47.7. The average molecular weight is 987 g/mol. The van der Waals surface area contributed by atoms with Gasteiger partial charge in [-0.05, 0) is 71.8 Å². The molecular formula is C51H26BrF10NO4. The summed E-state index contributed by atoms with van der Waals surface area (Å²) in [5.74, 6) is -21.7. The fourth-order valence-corrected chi connectivity index (χ4v) is 7.64. The van der Waals surface area contributed by atoms with E-state index >= 15 is 0 Å². The third kappa shape index (κ3) is 8.63. The minimum atomic E-state index is -2.33. The van der Waals surface area contributed by atoms with Crippen LogP contribution in [0, 0.1) is 58.2 Å². The molecule has 0 aromatic heterocycles. The van der Waals surface area contributed by atoms with E-state index < -0.39 is 80.9 Å². The van der Waals surface area contributed by atoms with E-state index in [1.54, 1.807) is 59.5 Å². The first-order valence-electron chi connectivity index (χ1n) is 19.6. The van der Waals surface area contributed by atoms with E-state index in [4.69, 9.17) is 9.47 Å². The lowest BCUT2D eigenvalue weighted by atomic mass is 9.98. The summed E-state index contributed by atoms with van der Waals surface area (Å²) in [4.78, 5) is 26.8. The van der Waals surface area contributed by atoms with Crippen LogP contribution in [0.5, 0.6) is 23.0 Å². The van der Waals surface area contributed by atoms with Gasteiger partial charge in [0.2, 0.25) is 17.4 Å². The maximum absolute atomic E-state index is 14.4. The summed E-state index contributed by atoms with van der Waals surface area (Å²) in [5.41, 5.74) is 0.291. The maximum atomic E-state index is 14.4. The van der Waals surface area contributed by atoms with Crippen LogP contribution in [0.2, 0.25) is 0 Å². The standard InChI is InChI=1S/C25H12F5NO2.C13H4BrF5O.C13H10O/c26-20-19(21(27)23(29)24(30)22(20)28)25(32)13-7-1-2-8-14(13)31-15-9-3-5-11-17(15)33-18-12-6-4-10-16(18)31;14-6-4-2-1-3-5(6)13(20)7-8(15)10(17)12(19)11(18)9(7)16;1-3-7-12-10(5-1)9-11-6-2-4-8-13(11)14-12/h1-12H;1-4H;1-8H,9H2. The molecule has 2 heterocycles. The first-order chi connectivity index (χ1) is 32.2. The third-order valence-corrected chi connectivity index (χ3v) is 11.1. The Labute approximate surface area is 382 Å². The summed E-state index contributed by atoms with van der Waals surface area (Å²) in [7, 11) is 0. The summed E-state index contributed by atoms with van der Waals surface area (Å²) in [5, 5.41) is 0. The van der Waals surface area contributed by atoms with E-state index in [2.05, 4.69) is 40.2 Å². The fourth-order valence-electron chi connectivity index (χ4n) is 7.17. The monoisotopic (exact) mass is 985 g/mol. The zero-order valence-corrected chi connectivity index (χ0v) is 35.4. The number of nitrogens with zero attached hydrogens (tertiary/aromatic N) is 1. The summed E-state index contributed by atoms with van der Waals surface area (Å²) in [6.45, 7) is 0. The van der Waals surface area contributed by atoms with E-state index in [-0.39, 0.29) is 21.3 Å². The minimum Gasteiger partial charge on any atom is -0.457 e. The van der Waals surface area contributed by atoms with Crippen molar-refractivity contribution < 1.29 is 63.0 Å². The highest BCUT2D eigenvalue weighted by atomic mass is 79.9. The number of hydrogen-bond donors (Lipinski definition) is 0. The number of benzene rings is 8. The smallest absolute Gasteiger partial charge is 0.201 e. The van der Waals surface area contributed by atoms with Crippen LogP contribution in [-0.2, 0) is 6.42 Å². The van der Waals surface area contributed by atoms with Gasteiger partial charge in [-0.1, -0.05) is 101 Å². The van der Waals surface area contributed by atoms with Crippen molar-refractivity contribution in [1.82, 2.24) is 0 Å². The van der Waals surface area contributed by atoms with Gasteiger partial charge in [0, 0.05) is 22.0 Å². The van der Waals surface area contributed by atoms with E-state index in [9.17, 15) is 53.5 Å². The summed E-state index contributed by atoms with van der Waals surface area (Å²) in [6.07, 6.45) is 0.979. The molecule has 2 aliphatic heterocycles. The molecule has 2 aliphatic rings. The molecule has 0 spiro atoms. The van der Waals surface area contributed by atoms with Crippen LogP contribution in [0.15, 0.2) is 150 Å². The number of fused-ring (bicyclic) bond motifs is 4. The molecule has 0 N–H and O–H groups in total. The Kier molecular flexibility index (Phi) is 13.0. The molecule has 0 radical (unpaired) electrons. The molecule has 0 unspecified atom stereocenters. The summed E-state index contributed by atoms with van der Waals surface area (Å²) < 4.78 is 148. The second-order valence-electron chi connectivity index (χ2n) is 14.4. The Morgan fingerprint density at radius 1 is 0.373 bits per heavy atom. The number of ether oxygens (including phenoxy) is 2. The minimum absolute atomic E-state index is 0.175. The lowest BCUT2D eigenvalue weighted by molar-refractivity contribution is 0.101. The molecule has 0 atom stereocenters. The molecular weight excluding hydrogens is 960 g/mol. The average Bonchev–Trinajstić information content (AvgIpc) is 3.35. The topological polar surface area (TPSA) is 55.8 Å². The first kappa shape index (κ1) is 45.8. The third-order valence-electron chi connectivity index (χ3n) is 10.4. The van der Waals surface area contributed by atoms with Crippen molar-refractivity contribution in [2.45, 2.75) is 6.42 Å². The largest absolute Gasteiger partial charge is 0.457 e. The lowest BCUT2D eigenvalue weighted by Crippen LogP contribution is -2.20. The number of carbonyl (C=O) groups is 2. The predicted molar refractivity (Wildman–Crippen MR) is 230 cm³/mol. The van der Waals surface area contributed by atoms with Crippen molar-refractivity contribution in [1.29, 1.82) is 0 Å². The molecule has 16 heteroatoms. The highest BCUT2D eigenvalue weighted by Gasteiger charge is 2.34.